The molecule has 2 unspecified atom stereocenters. The number of rotatable bonds is 1. The normalized spacial score (nSPS) is 27.8. The van der Waals surface area contributed by atoms with Crippen molar-refractivity contribution in [2.45, 2.75) is 25.3 Å². The highest BCUT2D eigenvalue weighted by atomic mass is 79.9. The van der Waals surface area contributed by atoms with E-state index in [1.165, 1.54) is 16.5 Å². The van der Waals surface area contributed by atoms with E-state index in [1.807, 2.05) is 0 Å². The summed E-state index contributed by atoms with van der Waals surface area (Å²) in [7, 11) is 0. The summed E-state index contributed by atoms with van der Waals surface area (Å²) in [5, 5.41) is 3.47. The van der Waals surface area contributed by atoms with Crippen molar-refractivity contribution in [2.75, 3.05) is 6.54 Å². The van der Waals surface area contributed by atoms with E-state index in [2.05, 4.69) is 52.4 Å². The topological polar surface area (TPSA) is 12.0 Å². The summed E-state index contributed by atoms with van der Waals surface area (Å²) >= 11 is 3.60. The van der Waals surface area contributed by atoms with Crippen molar-refractivity contribution in [3.05, 3.63) is 34.3 Å². The van der Waals surface area contributed by atoms with Crippen LogP contribution in [-0.2, 0) is 0 Å². The predicted octanol–water partition coefficient (Wildman–Crippen LogP) is 2.91. The third-order valence-electron chi connectivity index (χ3n) is 2.70. The second kappa shape index (κ2) is 3.81. The maximum Gasteiger partial charge on any atom is 0.0210 e. The van der Waals surface area contributed by atoms with Crippen LogP contribution in [0.25, 0.3) is 0 Å². The van der Waals surface area contributed by atoms with Gasteiger partial charge in [0.05, 0.1) is 0 Å². The Morgan fingerprint density at radius 3 is 2.77 bits per heavy atom. The largest absolute Gasteiger partial charge is 0.314 e. The molecule has 1 fully saturated rings. The molecular formula is C11H14BrN. The Balaban J connectivity index is 2.21. The molecule has 1 N–H and O–H groups in total. The smallest absolute Gasteiger partial charge is 0.0210 e. The van der Waals surface area contributed by atoms with E-state index in [9.17, 15) is 0 Å². The summed E-state index contributed by atoms with van der Waals surface area (Å²) in [5.74, 6) is 0.686. The van der Waals surface area contributed by atoms with Crippen LogP contribution in [0, 0.1) is 0 Å². The molecule has 2 atom stereocenters. The molecule has 1 aliphatic rings. The van der Waals surface area contributed by atoms with Crippen LogP contribution in [0.15, 0.2) is 28.7 Å². The quantitative estimate of drug-likeness (QED) is 0.795. The van der Waals surface area contributed by atoms with Gasteiger partial charge in [0.25, 0.3) is 0 Å². The first-order valence-corrected chi connectivity index (χ1v) is 5.54. The second-order valence-electron chi connectivity index (χ2n) is 3.76. The minimum atomic E-state index is 0.664. The number of hydrogen-bond donors (Lipinski definition) is 1. The van der Waals surface area contributed by atoms with Crippen LogP contribution >= 0.6 is 15.9 Å². The van der Waals surface area contributed by atoms with Crippen LogP contribution in [0.4, 0.5) is 0 Å². The Kier molecular flexibility index (Phi) is 2.70. The molecule has 70 valence electrons. The van der Waals surface area contributed by atoms with E-state index in [-0.39, 0.29) is 0 Å². The third kappa shape index (κ3) is 1.94. The van der Waals surface area contributed by atoms with Gasteiger partial charge in [-0.2, -0.15) is 0 Å². The van der Waals surface area contributed by atoms with Gasteiger partial charge in [-0.1, -0.05) is 34.1 Å². The summed E-state index contributed by atoms with van der Waals surface area (Å²) < 4.78 is 1.25. The molecule has 2 rings (SSSR count). The highest BCUT2D eigenvalue weighted by molar-refractivity contribution is 9.10. The molecule has 0 aromatic heterocycles. The number of hydrogen-bond acceptors (Lipinski definition) is 1. The molecule has 1 nitrogen and oxygen atoms in total. The van der Waals surface area contributed by atoms with Gasteiger partial charge in [-0.15, -0.1) is 0 Å². The highest BCUT2D eigenvalue weighted by Crippen LogP contribution is 2.30. The molecule has 1 aliphatic heterocycles. The van der Waals surface area contributed by atoms with Gasteiger partial charge < -0.3 is 5.32 Å². The van der Waals surface area contributed by atoms with Crippen molar-refractivity contribution >= 4 is 15.9 Å². The Bertz CT molecular complexity index is 298. The molecule has 13 heavy (non-hydrogen) atoms. The Morgan fingerprint density at radius 2 is 2.15 bits per heavy atom. The van der Waals surface area contributed by atoms with Gasteiger partial charge in [0.1, 0.15) is 0 Å². The average Bonchev–Trinajstić information content (AvgIpc) is 2.53. The lowest BCUT2D eigenvalue weighted by Gasteiger charge is -2.10. The maximum atomic E-state index is 3.60. The lowest BCUT2D eigenvalue weighted by atomic mass is 9.97. The Hall–Kier alpha value is -0.340. The molecule has 1 aromatic carbocycles. The van der Waals surface area contributed by atoms with E-state index < -0.39 is 0 Å². The number of nitrogens with one attached hydrogen (secondary N) is 1. The zero-order valence-corrected chi connectivity index (χ0v) is 9.34. The van der Waals surface area contributed by atoms with E-state index >= 15 is 0 Å². The van der Waals surface area contributed by atoms with Gasteiger partial charge in [0.2, 0.25) is 0 Å². The Morgan fingerprint density at radius 1 is 1.38 bits per heavy atom. The Labute approximate surface area is 87.7 Å². The molecule has 0 amide bonds. The van der Waals surface area contributed by atoms with E-state index in [4.69, 9.17) is 0 Å². The molecule has 1 saturated heterocycles. The van der Waals surface area contributed by atoms with E-state index in [1.54, 1.807) is 0 Å². The van der Waals surface area contributed by atoms with Crippen molar-refractivity contribution in [1.29, 1.82) is 0 Å². The van der Waals surface area contributed by atoms with Crippen molar-refractivity contribution in [3.8, 4) is 0 Å². The lowest BCUT2D eigenvalue weighted by molar-refractivity contribution is 0.658. The molecular weight excluding hydrogens is 226 g/mol. The summed E-state index contributed by atoms with van der Waals surface area (Å²) in [6, 6.07) is 9.19. The summed E-state index contributed by atoms with van der Waals surface area (Å²) in [6.07, 6.45) is 1.25. The van der Waals surface area contributed by atoms with Gasteiger partial charge in [0.15, 0.2) is 0 Å². The first-order valence-electron chi connectivity index (χ1n) is 4.75. The molecule has 1 heterocycles. The number of benzene rings is 1. The van der Waals surface area contributed by atoms with E-state index in [0.29, 0.717) is 12.0 Å². The minimum absolute atomic E-state index is 0.664. The monoisotopic (exact) mass is 239 g/mol. The van der Waals surface area contributed by atoms with Gasteiger partial charge in [-0.05, 0) is 30.9 Å². The molecule has 1 aromatic rings. The van der Waals surface area contributed by atoms with Crippen molar-refractivity contribution < 1.29 is 0 Å². The fourth-order valence-electron chi connectivity index (χ4n) is 1.98. The van der Waals surface area contributed by atoms with Gasteiger partial charge in [-0.25, -0.2) is 0 Å². The fraction of sp³-hybridized carbons (Fsp3) is 0.455. The average molecular weight is 240 g/mol. The maximum absolute atomic E-state index is 3.60. The molecule has 0 spiro atoms. The lowest BCUT2D eigenvalue weighted by Crippen LogP contribution is -2.16. The summed E-state index contributed by atoms with van der Waals surface area (Å²) in [6.45, 7) is 3.36. The molecule has 0 saturated carbocycles. The third-order valence-corrected chi connectivity index (χ3v) is 3.42. The van der Waals surface area contributed by atoms with Gasteiger partial charge >= 0.3 is 0 Å². The standard InChI is InChI=1S/C11H14BrN/c1-8-6-9(7-13-8)10-4-2-3-5-11(10)12/h2-5,8-9,13H,6-7H2,1H3. The second-order valence-corrected chi connectivity index (χ2v) is 4.62. The fourth-order valence-corrected chi connectivity index (χ4v) is 2.59. The van der Waals surface area contributed by atoms with Gasteiger partial charge in [0, 0.05) is 17.1 Å². The van der Waals surface area contributed by atoms with Crippen LogP contribution < -0.4 is 5.32 Å². The van der Waals surface area contributed by atoms with Crippen LogP contribution in [0.3, 0.4) is 0 Å². The number of halogens is 1. The molecule has 0 radical (unpaired) electrons. The zero-order chi connectivity index (χ0) is 9.26. The summed E-state index contributed by atoms with van der Waals surface area (Å²) in [5.41, 5.74) is 1.44. The van der Waals surface area contributed by atoms with Crippen molar-refractivity contribution in [3.63, 3.8) is 0 Å². The minimum Gasteiger partial charge on any atom is -0.314 e. The summed E-state index contributed by atoms with van der Waals surface area (Å²) in [4.78, 5) is 0. The zero-order valence-electron chi connectivity index (χ0n) is 7.76. The van der Waals surface area contributed by atoms with Crippen molar-refractivity contribution in [1.82, 2.24) is 5.32 Å². The predicted molar refractivity (Wildman–Crippen MR) is 59.0 cm³/mol. The van der Waals surface area contributed by atoms with Crippen molar-refractivity contribution in [2.24, 2.45) is 0 Å². The SMILES string of the molecule is CC1CC(c2ccccc2Br)CN1. The van der Waals surface area contributed by atoms with Crippen LogP contribution in [0.2, 0.25) is 0 Å². The van der Waals surface area contributed by atoms with E-state index in [0.717, 1.165) is 6.54 Å². The molecule has 0 aliphatic carbocycles. The highest BCUT2D eigenvalue weighted by Gasteiger charge is 2.23. The molecule has 0 bridgehead atoms. The first-order chi connectivity index (χ1) is 6.27. The molecule has 2 heteroatoms. The van der Waals surface area contributed by atoms with Crippen LogP contribution in [0.1, 0.15) is 24.8 Å². The van der Waals surface area contributed by atoms with Gasteiger partial charge in [-0.3, -0.25) is 0 Å². The van der Waals surface area contributed by atoms with Crippen LogP contribution in [0.5, 0.6) is 0 Å². The van der Waals surface area contributed by atoms with Crippen LogP contribution in [-0.4, -0.2) is 12.6 Å². The first kappa shape index (κ1) is 9.22.